The van der Waals surface area contributed by atoms with Gasteiger partial charge in [0.05, 0.1) is 10.7 Å². The molecule has 1 atom stereocenters. The average molecular weight is 336 g/mol. The van der Waals surface area contributed by atoms with Crippen LogP contribution in [0.4, 0.5) is 0 Å². The van der Waals surface area contributed by atoms with E-state index in [1.165, 1.54) is 18.5 Å². The van der Waals surface area contributed by atoms with Gasteiger partial charge in [-0.15, -0.1) is 11.3 Å². The van der Waals surface area contributed by atoms with Crippen LogP contribution in [0.5, 0.6) is 0 Å². The first-order valence-electron chi connectivity index (χ1n) is 8.99. The van der Waals surface area contributed by atoms with E-state index in [-0.39, 0.29) is 5.41 Å². The van der Waals surface area contributed by atoms with Gasteiger partial charge in [0.15, 0.2) is 0 Å². The summed E-state index contributed by atoms with van der Waals surface area (Å²) < 4.78 is 0. The fraction of sp³-hybridized carbons (Fsp3) is 0.778. The maximum Gasteiger partial charge on any atom is 0.226 e. The fourth-order valence-electron chi connectivity index (χ4n) is 3.91. The molecular weight excluding hydrogens is 306 g/mol. The predicted molar refractivity (Wildman–Crippen MR) is 94.5 cm³/mol. The van der Waals surface area contributed by atoms with Crippen molar-refractivity contribution in [2.45, 2.75) is 71.4 Å². The molecule has 0 radical (unpaired) electrons. The van der Waals surface area contributed by atoms with E-state index in [1.807, 2.05) is 0 Å². The van der Waals surface area contributed by atoms with Gasteiger partial charge in [0.25, 0.3) is 0 Å². The van der Waals surface area contributed by atoms with Crippen LogP contribution >= 0.6 is 11.3 Å². The van der Waals surface area contributed by atoms with Crippen LogP contribution in [-0.2, 0) is 11.3 Å². The molecule has 1 unspecified atom stereocenters. The van der Waals surface area contributed by atoms with Crippen LogP contribution in [0.1, 0.15) is 62.6 Å². The zero-order valence-corrected chi connectivity index (χ0v) is 15.3. The molecule has 0 spiro atoms. The number of amides is 1. The van der Waals surface area contributed by atoms with Crippen LogP contribution < -0.4 is 5.32 Å². The zero-order chi connectivity index (χ0) is 16.3. The highest BCUT2D eigenvalue weighted by atomic mass is 32.1. The third kappa shape index (κ3) is 4.32. The molecule has 1 aromatic heterocycles. The zero-order valence-electron chi connectivity index (χ0n) is 14.4. The van der Waals surface area contributed by atoms with Gasteiger partial charge < -0.3 is 5.32 Å². The van der Waals surface area contributed by atoms with Crippen LogP contribution in [0.25, 0.3) is 0 Å². The van der Waals surface area contributed by atoms with Gasteiger partial charge in [-0.05, 0) is 45.6 Å². The van der Waals surface area contributed by atoms with Crippen LogP contribution in [0.3, 0.4) is 0 Å². The molecule has 1 saturated heterocycles. The summed E-state index contributed by atoms with van der Waals surface area (Å²) in [4.78, 5) is 19.6. The summed E-state index contributed by atoms with van der Waals surface area (Å²) in [5, 5.41) is 6.66. The summed E-state index contributed by atoms with van der Waals surface area (Å²) in [5.41, 5.74) is 1.08. The van der Waals surface area contributed by atoms with Gasteiger partial charge in [-0.2, -0.15) is 0 Å². The summed E-state index contributed by atoms with van der Waals surface area (Å²) in [5.74, 6) is 0.295. The van der Waals surface area contributed by atoms with Crippen LogP contribution in [0.15, 0.2) is 5.38 Å². The molecule has 3 rings (SSSR count). The van der Waals surface area contributed by atoms with Crippen molar-refractivity contribution in [2.24, 2.45) is 5.41 Å². The lowest BCUT2D eigenvalue weighted by atomic mass is 9.87. The molecular formula is C18H29N3OS. The van der Waals surface area contributed by atoms with E-state index in [9.17, 15) is 4.79 Å². The van der Waals surface area contributed by atoms with Crippen LogP contribution in [0.2, 0.25) is 0 Å². The number of hydrogen-bond donors (Lipinski definition) is 1. The van der Waals surface area contributed by atoms with Gasteiger partial charge >= 0.3 is 0 Å². The van der Waals surface area contributed by atoms with E-state index < -0.39 is 0 Å². The Balaban J connectivity index is 1.49. The van der Waals surface area contributed by atoms with Gasteiger partial charge in [0, 0.05) is 29.9 Å². The third-order valence-corrected chi connectivity index (χ3v) is 6.29. The van der Waals surface area contributed by atoms with Gasteiger partial charge in [-0.3, -0.25) is 9.69 Å². The quantitative estimate of drug-likeness (QED) is 0.916. The smallest absolute Gasteiger partial charge is 0.226 e. The monoisotopic (exact) mass is 335 g/mol. The molecule has 128 valence electrons. The second-order valence-electron chi connectivity index (χ2n) is 7.50. The summed E-state index contributed by atoms with van der Waals surface area (Å²) in [6, 6.07) is 0.349. The third-order valence-electron chi connectivity index (χ3n) is 5.46. The number of nitrogens with one attached hydrogen (secondary N) is 1. The summed E-state index contributed by atoms with van der Waals surface area (Å²) in [6.45, 7) is 7.32. The second-order valence-corrected chi connectivity index (χ2v) is 8.57. The Labute approximate surface area is 143 Å². The lowest BCUT2D eigenvalue weighted by Gasteiger charge is -2.26. The highest BCUT2D eigenvalue weighted by Crippen LogP contribution is 2.37. The van der Waals surface area contributed by atoms with Crippen molar-refractivity contribution in [1.29, 1.82) is 0 Å². The van der Waals surface area contributed by atoms with Crippen molar-refractivity contribution in [2.75, 3.05) is 13.1 Å². The maximum absolute atomic E-state index is 12.6. The second kappa shape index (κ2) is 7.31. The van der Waals surface area contributed by atoms with Crippen LogP contribution in [0, 0.1) is 12.3 Å². The molecule has 1 aliphatic carbocycles. The van der Waals surface area contributed by atoms with Crippen molar-refractivity contribution in [3.8, 4) is 0 Å². The first kappa shape index (κ1) is 16.9. The van der Waals surface area contributed by atoms with Gasteiger partial charge in [-0.1, -0.05) is 19.8 Å². The number of rotatable bonds is 4. The predicted octanol–water partition coefficient (Wildman–Crippen LogP) is 3.50. The molecule has 2 fully saturated rings. The molecule has 1 aliphatic heterocycles. The molecule has 1 aromatic rings. The highest BCUT2D eigenvalue weighted by molar-refractivity contribution is 7.09. The molecule has 23 heavy (non-hydrogen) atoms. The van der Waals surface area contributed by atoms with Crippen LogP contribution in [-0.4, -0.2) is 34.9 Å². The van der Waals surface area contributed by atoms with Gasteiger partial charge in [0.1, 0.15) is 0 Å². The molecule has 0 bridgehead atoms. The van der Waals surface area contributed by atoms with Crippen molar-refractivity contribution in [3.05, 3.63) is 16.1 Å². The number of hydrogen-bond acceptors (Lipinski definition) is 4. The minimum absolute atomic E-state index is 0.107. The maximum atomic E-state index is 12.6. The number of aryl methyl sites for hydroxylation is 1. The molecule has 2 aliphatic rings. The standard InChI is InChI=1S/C18H29N3OS/c1-14-19-16(13-23-14)12-21-10-5-6-15(7-11-21)20-17(22)18(2)8-3-4-9-18/h13,15H,3-12H2,1-2H3,(H,20,22). The summed E-state index contributed by atoms with van der Waals surface area (Å²) in [6.07, 6.45) is 7.84. The lowest BCUT2D eigenvalue weighted by molar-refractivity contribution is -0.130. The molecule has 5 heteroatoms. The Morgan fingerprint density at radius 3 is 2.83 bits per heavy atom. The molecule has 1 N–H and O–H groups in total. The topological polar surface area (TPSA) is 45.2 Å². The number of thiazole rings is 1. The van der Waals surface area contributed by atoms with Crippen molar-refractivity contribution >= 4 is 17.2 Å². The SMILES string of the molecule is Cc1nc(CN2CCCC(NC(=O)C3(C)CCCC3)CC2)cs1. The van der Waals surface area contributed by atoms with E-state index in [2.05, 4.69) is 34.4 Å². The Hall–Kier alpha value is -0.940. The number of likely N-dealkylation sites (tertiary alicyclic amines) is 1. The van der Waals surface area contributed by atoms with Crippen molar-refractivity contribution in [3.63, 3.8) is 0 Å². The molecule has 2 heterocycles. The minimum Gasteiger partial charge on any atom is -0.353 e. The number of carbonyl (C=O) groups excluding carboxylic acids is 1. The van der Waals surface area contributed by atoms with E-state index in [1.54, 1.807) is 11.3 Å². The Morgan fingerprint density at radius 2 is 2.13 bits per heavy atom. The first-order valence-corrected chi connectivity index (χ1v) is 9.87. The molecule has 1 saturated carbocycles. The Kier molecular flexibility index (Phi) is 5.37. The highest BCUT2D eigenvalue weighted by Gasteiger charge is 2.37. The largest absolute Gasteiger partial charge is 0.353 e. The van der Waals surface area contributed by atoms with Crippen molar-refractivity contribution < 1.29 is 4.79 Å². The van der Waals surface area contributed by atoms with Gasteiger partial charge in [-0.25, -0.2) is 4.98 Å². The summed E-state index contributed by atoms with van der Waals surface area (Å²) in [7, 11) is 0. The molecule has 1 amide bonds. The minimum atomic E-state index is -0.107. The first-order chi connectivity index (χ1) is 11.0. The Bertz CT molecular complexity index is 536. The number of carbonyl (C=O) groups is 1. The molecule has 4 nitrogen and oxygen atoms in total. The normalized spacial score (nSPS) is 25.2. The van der Waals surface area contributed by atoms with E-state index in [0.717, 1.165) is 56.7 Å². The van der Waals surface area contributed by atoms with Gasteiger partial charge in [0.2, 0.25) is 5.91 Å². The number of nitrogens with zero attached hydrogens (tertiary/aromatic N) is 2. The number of aromatic nitrogens is 1. The van der Waals surface area contributed by atoms with E-state index in [0.29, 0.717) is 11.9 Å². The average Bonchev–Trinajstić information content (AvgIpc) is 3.07. The van der Waals surface area contributed by atoms with E-state index in [4.69, 9.17) is 0 Å². The molecule has 0 aromatic carbocycles. The fourth-order valence-corrected chi connectivity index (χ4v) is 4.51. The summed E-state index contributed by atoms with van der Waals surface area (Å²) >= 11 is 1.73. The lowest BCUT2D eigenvalue weighted by Crippen LogP contribution is -2.43. The van der Waals surface area contributed by atoms with E-state index >= 15 is 0 Å². The Morgan fingerprint density at radius 1 is 1.35 bits per heavy atom. The van der Waals surface area contributed by atoms with Crippen molar-refractivity contribution in [1.82, 2.24) is 15.2 Å².